The molecule has 0 saturated carbocycles. The maximum Gasteiger partial charge on any atom is 0.310 e. The summed E-state index contributed by atoms with van der Waals surface area (Å²) in [6.45, 7) is 0. The van der Waals surface area contributed by atoms with Crippen LogP contribution in [0.1, 0.15) is 20.1 Å². The maximum atomic E-state index is 13.7. The van der Waals surface area contributed by atoms with Gasteiger partial charge in [-0.2, -0.15) is 0 Å². The third-order valence-corrected chi connectivity index (χ3v) is 3.93. The van der Waals surface area contributed by atoms with Crippen molar-refractivity contribution in [2.45, 2.75) is 6.42 Å². The van der Waals surface area contributed by atoms with Gasteiger partial charge < -0.3 is 4.74 Å². The van der Waals surface area contributed by atoms with Crippen LogP contribution in [0.5, 0.6) is 0 Å². The van der Waals surface area contributed by atoms with Crippen LogP contribution in [-0.2, 0) is 16.0 Å². The fourth-order valence-electron chi connectivity index (χ4n) is 1.62. The zero-order valence-electron chi connectivity index (χ0n) is 10.5. The highest BCUT2D eigenvalue weighted by Gasteiger charge is 2.17. The van der Waals surface area contributed by atoms with E-state index in [1.807, 2.05) is 0 Å². The summed E-state index contributed by atoms with van der Waals surface area (Å²) >= 11 is 6.79. The highest BCUT2D eigenvalue weighted by molar-refractivity contribution is 7.14. The molecular weight excluding hydrogens is 303 g/mol. The second-order valence-corrected chi connectivity index (χ2v) is 5.58. The molecule has 6 heteroatoms. The minimum atomic E-state index is -0.662. The van der Waals surface area contributed by atoms with Gasteiger partial charge in [0.2, 0.25) is 5.78 Å². The van der Waals surface area contributed by atoms with E-state index in [9.17, 15) is 14.0 Å². The van der Waals surface area contributed by atoms with Gasteiger partial charge in [-0.05, 0) is 30.3 Å². The molecule has 1 heterocycles. The van der Waals surface area contributed by atoms with Gasteiger partial charge in [0.25, 0.3) is 0 Å². The first-order chi connectivity index (χ1) is 9.51. The van der Waals surface area contributed by atoms with Crippen molar-refractivity contribution < 1.29 is 18.7 Å². The van der Waals surface area contributed by atoms with E-state index in [4.69, 9.17) is 11.6 Å². The number of halogens is 2. The van der Waals surface area contributed by atoms with E-state index in [1.165, 1.54) is 19.2 Å². The standard InChI is InChI=1S/C14H10ClFO3S/c1-19-13(17)7-9-3-5-12(20-9)14(18)10-4-2-8(15)6-11(10)16/h2-6H,7H2,1H3. The van der Waals surface area contributed by atoms with Crippen LogP contribution in [0.3, 0.4) is 0 Å². The molecule has 0 aliphatic heterocycles. The quantitative estimate of drug-likeness (QED) is 0.641. The van der Waals surface area contributed by atoms with Crippen LogP contribution in [0, 0.1) is 5.82 Å². The van der Waals surface area contributed by atoms with Gasteiger partial charge in [0.05, 0.1) is 24.0 Å². The Morgan fingerprint density at radius 3 is 2.70 bits per heavy atom. The average Bonchev–Trinajstić information content (AvgIpc) is 2.86. The van der Waals surface area contributed by atoms with Gasteiger partial charge in [0, 0.05) is 9.90 Å². The molecule has 0 radical (unpaired) electrons. The Morgan fingerprint density at radius 1 is 1.30 bits per heavy atom. The lowest BCUT2D eigenvalue weighted by molar-refractivity contribution is -0.139. The Kier molecular flexibility index (Phi) is 4.52. The van der Waals surface area contributed by atoms with Gasteiger partial charge >= 0.3 is 5.97 Å². The number of carbonyl (C=O) groups excluding carboxylic acids is 2. The van der Waals surface area contributed by atoms with E-state index in [-0.39, 0.29) is 23.0 Å². The summed E-state index contributed by atoms with van der Waals surface area (Å²) in [5.74, 6) is -1.48. The van der Waals surface area contributed by atoms with Crippen LogP contribution in [0.4, 0.5) is 4.39 Å². The average molecular weight is 313 g/mol. The third-order valence-electron chi connectivity index (χ3n) is 2.61. The molecule has 1 aromatic carbocycles. The van der Waals surface area contributed by atoms with Crippen molar-refractivity contribution in [1.29, 1.82) is 0 Å². The molecule has 0 aliphatic carbocycles. The molecule has 104 valence electrons. The molecule has 0 atom stereocenters. The van der Waals surface area contributed by atoms with E-state index in [0.717, 1.165) is 17.4 Å². The highest BCUT2D eigenvalue weighted by Crippen LogP contribution is 2.23. The number of ketones is 1. The topological polar surface area (TPSA) is 43.4 Å². The molecule has 0 amide bonds. The molecule has 0 spiro atoms. The minimum absolute atomic E-state index is 0.0409. The van der Waals surface area contributed by atoms with E-state index < -0.39 is 11.6 Å². The zero-order chi connectivity index (χ0) is 14.7. The van der Waals surface area contributed by atoms with Gasteiger partial charge in [0.15, 0.2) is 0 Å². The number of hydrogen-bond acceptors (Lipinski definition) is 4. The van der Waals surface area contributed by atoms with E-state index in [2.05, 4.69) is 4.74 Å². The Hall–Kier alpha value is -1.72. The van der Waals surface area contributed by atoms with Gasteiger partial charge in [-0.1, -0.05) is 11.6 Å². The smallest absolute Gasteiger partial charge is 0.310 e. The second-order valence-electron chi connectivity index (χ2n) is 3.97. The molecule has 2 rings (SSSR count). The Morgan fingerprint density at radius 2 is 2.05 bits per heavy atom. The SMILES string of the molecule is COC(=O)Cc1ccc(C(=O)c2ccc(Cl)cc2F)s1. The van der Waals surface area contributed by atoms with Gasteiger partial charge in [-0.15, -0.1) is 11.3 Å². The van der Waals surface area contributed by atoms with Crippen molar-refractivity contribution in [2.24, 2.45) is 0 Å². The Balaban J connectivity index is 2.23. The number of esters is 1. The number of benzene rings is 1. The molecule has 2 aromatic rings. The van der Waals surface area contributed by atoms with Crippen molar-refractivity contribution in [3.8, 4) is 0 Å². The number of ether oxygens (including phenoxy) is 1. The number of thiophene rings is 1. The summed E-state index contributed by atoms with van der Waals surface area (Å²) in [7, 11) is 1.30. The fraction of sp³-hybridized carbons (Fsp3) is 0.143. The molecule has 0 saturated heterocycles. The lowest BCUT2D eigenvalue weighted by Gasteiger charge is -2.00. The summed E-state index contributed by atoms with van der Waals surface area (Å²) in [4.78, 5) is 24.4. The number of hydrogen-bond donors (Lipinski definition) is 0. The predicted molar refractivity (Wildman–Crippen MR) is 74.9 cm³/mol. The lowest BCUT2D eigenvalue weighted by atomic mass is 10.1. The summed E-state index contributed by atoms with van der Waals surface area (Å²) < 4.78 is 18.2. The molecule has 0 N–H and O–H groups in total. The van der Waals surface area contributed by atoms with Crippen molar-refractivity contribution in [2.75, 3.05) is 7.11 Å². The van der Waals surface area contributed by atoms with Crippen molar-refractivity contribution in [3.05, 3.63) is 56.5 Å². The molecule has 0 aliphatic rings. The van der Waals surface area contributed by atoms with Crippen molar-refractivity contribution >= 4 is 34.7 Å². The van der Waals surface area contributed by atoms with E-state index >= 15 is 0 Å². The maximum absolute atomic E-state index is 13.7. The minimum Gasteiger partial charge on any atom is -0.469 e. The van der Waals surface area contributed by atoms with E-state index in [1.54, 1.807) is 12.1 Å². The summed E-state index contributed by atoms with van der Waals surface area (Å²) in [5.41, 5.74) is -0.0409. The monoisotopic (exact) mass is 312 g/mol. The molecule has 3 nitrogen and oxygen atoms in total. The largest absolute Gasteiger partial charge is 0.469 e. The van der Waals surface area contributed by atoms with Crippen LogP contribution >= 0.6 is 22.9 Å². The van der Waals surface area contributed by atoms with Gasteiger partial charge in [0.1, 0.15) is 5.82 Å². The van der Waals surface area contributed by atoms with Gasteiger partial charge in [-0.3, -0.25) is 9.59 Å². The lowest BCUT2D eigenvalue weighted by Crippen LogP contribution is -2.03. The molecule has 0 fully saturated rings. The number of carbonyl (C=O) groups is 2. The van der Waals surface area contributed by atoms with Gasteiger partial charge in [-0.25, -0.2) is 4.39 Å². The highest BCUT2D eigenvalue weighted by atomic mass is 35.5. The zero-order valence-corrected chi connectivity index (χ0v) is 12.1. The fourth-order valence-corrected chi connectivity index (χ4v) is 2.72. The van der Waals surface area contributed by atoms with Crippen molar-refractivity contribution in [3.63, 3.8) is 0 Å². The normalized spacial score (nSPS) is 10.3. The molecule has 0 bridgehead atoms. The third kappa shape index (κ3) is 3.23. The van der Waals surface area contributed by atoms with Crippen LogP contribution in [0.25, 0.3) is 0 Å². The van der Waals surface area contributed by atoms with Crippen LogP contribution in [-0.4, -0.2) is 18.9 Å². The summed E-state index contributed by atoms with van der Waals surface area (Å²) in [5, 5.41) is 0.233. The summed E-state index contributed by atoms with van der Waals surface area (Å²) in [6.07, 6.45) is 0.0948. The number of rotatable bonds is 4. The first kappa shape index (κ1) is 14.7. The molecular formula is C14H10ClFO3S. The van der Waals surface area contributed by atoms with Crippen LogP contribution in [0.15, 0.2) is 30.3 Å². The Bertz CT molecular complexity index is 666. The molecule has 20 heavy (non-hydrogen) atoms. The second kappa shape index (κ2) is 6.15. The number of methoxy groups -OCH3 is 1. The molecule has 0 unspecified atom stereocenters. The first-order valence-electron chi connectivity index (χ1n) is 5.66. The van der Waals surface area contributed by atoms with Crippen molar-refractivity contribution in [1.82, 2.24) is 0 Å². The van der Waals surface area contributed by atoms with Crippen LogP contribution < -0.4 is 0 Å². The molecule has 1 aromatic heterocycles. The van der Waals surface area contributed by atoms with Crippen LogP contribution in [0.2, 0.25) is 5.02 Å². The summed E-state index contributed by atoms with van der Waals surface area (Å²) in [6, 6.07) is 7.13. The Labute approximate surface area is 123 Å². The predicted octanol–water partition coefficient (Wildman–Crippen LogP) is 3.49. The first-order valence-corrected chi connectivity index (χ1v) is 6.86. The van der Waals surface area contributed by atoms with E-state index in [0.29, 0.717) is 9.75 Å².